The van der Waals surface area contributed by atoms with E-state index in [4.69, 9.17) is 0 Å². The van der Waals surface area contributed by atoms with Gasteiger partial charge in [-0.1, -0.05) is 25.7 Å². The lowest BCUT2D eigenvalue weighted by Crippen LogP contribution is -2.22. The van der Waals surface area contributed by atoms with E-state index in [2.05, 4.69) is 50.5 Å². The third-order valence-electron chi connectivity index (χ3n) is 4.46. The van der Waals surface area contributed by atoms with Crippen molar-refractivity contribution in [3.05, 3.63) is 0 Å². The Kier molecular flexibility index (Phi) is 17.3. The Morgan fingerprint density at radius 1 is 0.381 bits per heavy atom. The van der Waals surface area contributed by atoms with E-state index >= 15 is 0 Å². The van der Waals surface area contributed by atoms with Crippen molar-refractivity contribution < 1.29 is 0 Å². The third kappa shape index (κ3) is 12.5. The molecule has 0 radical (unpaired) electrons. The minimum absolute atomic E-state index is 0.567. The van der Waals surface area contributed by atoms with Crippen LogP contribution in [0.2, 0.25) is 0 Å². The van der Waals surface area contributed by atoms with E-state index in [1.165, 1.54) is 77.0 Å². The molecule has 0 bridgehead atoms. The highest BCUT2D eigenvalue weighted by molar-refractivity contribution is 7.80. The molecule has 21 heavy (non-hydrogen) atoms. The van der Waals surface area contributed by atoms with Crippen molar-refractivity contribution in [3.63, 3.8) is 0 Å². The van der Waals surface area contributed by atoms with Crippen LogP contribution < -0.4 is 0 Å². The first kappa shape index (κ1) is 22.4. The molecule has 0 aliphatic carbocycles. The van der Waals surface area contributed by atoms with Gasteiger partial charge in [0, 0.05) is 0 Å². The highest BCUT2D eigenvalue weighted by Gasteiger charge is 2.27. The molecule has 0 atom stereocenters. The average molecular weight is 369 g/mol. The Bertz CT molecular complexity index is 163. The maximum atomic E-state index is 4.38. The van der Waals surface area contributed by atoms with Crippen LogP contribution in [0.4, 0.5) is 0 Å². The summed E-state index contributed by atoms with van der Waals surface area (Å²) in [6, 6.07) is 0. The second-order valence-electron chi connectivity index (χ2n) is 6.22. The average Bonchev–Trinajstić information content (AvgIpc) is 2.48. The molecule has 0 saturated heterocycles. The Morgan fingerprint density at radius 3 is 0.810 bits per heavy atom. The van der Waals surface area contributed by atoms with Crippen molar-refractivity contribution in [2.45, 2.75) is 77.0 Å². The second kappa shape index (κ2) is 16.3. The van der Waals surface area contributed by atoms with Gasteiger partial charge in [-0.15, -0.1) is 0 Å². The fourth-order valence-corrected chi connectivity index (χ4v) is 4.09. The van der Waals surface area contributed by atoms with Crippen LogP contribution in [0.1, 0.15) is 77.0 Å². The molecular formula is C17H36S4. The summed E-state index contributed by atoms with van der Waals surface area (Å²) in [6.07, 6.45) is 16.0. The highest BCUT2D eigenvalue weighted by Crippen LogP contribution is 2.41. The van der Waals surface area contributed by atoms with Gasteiger partial charge in [-0.2, -0.15) is 50.5 Å². The van der Waals surface area contributed by atoms with E-state index in [9.17, 15) is 0 Å². The van der Waals surface area contributed by atoms with Crippen molar-refractivity contribution in [3.8, 4) is 0 Å². The minimum Gasteiger partial charge on any atom is -0.179 e. The predicted octanol–water partition coefficient (Wildman–Crippen LogP) is 6.37. The van der Waals surface area contributed by atoms with Crippen LogP contribution in [0.25, 0.3) is 0 Å². The zero-order valence-corrected chi connectivity index (χ0v) is 17.2. The van der Waals surface area contributed by atoms with Gasteiger partial charge in [-0.3, -0.25) is 0 Å². The minimum atomic E-state index is 0.567. The molecule has 0 nitrogen and oxygen atoms in total. The molecule has 0 aliphatic heterocycles. The van der Waals surface area contributed by atoms with E-state index in [0.29, 0.717) is 5.41 Å². The zero-order valence-electron chi connectivity index (χ0n) is 13.6. The van der Waals surface area contributed by atoms with E-state index in [-0.39, 0.29) is 0 Å². The summed E-state index contributed by atoms with van der Waals surface area (Å²) in [5.41, 5.74) is 0.567. The van der Waals surface area contributed by atoms with Gasteiger partial charge in [0.15, 0.2) is 0 Å². The zero-order chi connectivity index (χ0) is 15.8. The first-order chi connectivity index (χ1) is 10.2. The molecular weight excluding hydrogens is 332 g/mol. The quantitative estimate of drug-likeness (QED) is 0.176. The molecule has 128 valence electrons. The maximum Gasteiger partial charge on any atom is -0.00979 e. The fourth-order valence-electron chi connectivity index (χ4n) is 3.20. The van der Waals surface area contributed by atoms with Gasteiger partial charge in [0.05, 0.1) is 0 Å². The van der Waals surface area contributed by atoms with Crippen LogP contribution in [0.15, 0.2) is 0 Å². The molecule has 0 unspecified atom stereocenters. The van der Waals surface area contributed by atoms with E-state index < -0.39 is 0 Å². The fraction of sp³-hybridized carbons (Fsp3) is 1.00. The normalized spacial score (nSPS) is 12.0. The van der Waals surface area contributed by atoms with E-state index in [1.54, 1.807) is 0 Å². The topological polar surface area (TPSA) is 0 Å². The molecule has 0 rings (SSSR count). The summed E-state index contributed by atoms with van der Waals surface area (Å²) in [7, 11) is 0. The Hall–Kier alpha value is 1.40. The lowest BCUT2D eigenvalue weighted by Gasteiger charge is -2.35. The summed E-state index contributed by atoms with van der Waals surface area (Å²) in [4.78, 5) is 0. The van der Waals surface area contributed by atoms with Crippen LogP contribution in [-0.4, -0.2) is 23.0 Å². The van der Waals surface area contributed by atoms with Crippen molar-refractivity contribution in [1.82, 2.24) is 0 Å². The summed E-state index contributed by atoms with van der Waals surface area (Å²) in [6.45, 7) is 0. The molecule has 0 N–H and O–H groups in total. The van der Waals surface area contributed by atoms with Crippen LogP contribution in [-0.2, 0) is 0 Å². The number of rotatable bonds is 16. The van der Waals surface area contributed by atoms with Gasteiger partial charge in [-0.05, 0) is 79.8 Å². The van der Waals surface area contributed by atoms with Crippen molar-refractivity contribution in [1.29, 1.82) is 0 Å². The molecule has 0 aromatic carbocycles. The third-order valence-corrected chi connectivity index (χ3v) is 5.73. The van der Waals surface area contributed by atoms with Gasteiger partial charge in [0.1, 0.15) is 0 Å². The molecule has 0 spiro atoms. The standard InChI is InChI=1S/C17H36S4/c18-13-5-1-9-17(10-2-6-14-19,11-3-7-15-20)12-4-8-16-21/h18-21H,1-16H2. The van der Waals surface area contributed by atoms with Crippen LogP contribution in [0.3, 0.4) is 0 Å². The first-order valence-corrected chi connectivity index (χ1v) is 11.2. The van der Waals surface area contributed by atoms with Crippen LogP contribution >= 0.6 is 50.5 Å². The smallest absolute Gasteiger partial charge is 0.00979 e. The molecule has 0 saturated carbocycles. The molecule has 0 aromatic heterocycles. The number of hydrogen-bond acceptors (Lipinski definition) is 4. The summed E-state index contributed by atoms with van der Waals surface area (Å²) in [5.74, 6) is 4.11. The van der Waals surface area contributed by atoms with Crippen molar-refractivity contribution in [2.75, 3.05) is 23.0 Å². The summed E-state index contributed by atoms with van der Waals surface area (Å²) < 4.78 is 0. The van der Waals surface area contributed by atoms with Crippen molar-refractivity contribution in [2.24, 2.45) is 5.41 Å². The Balaban J connectivity index is 4.52. The van der Waals surface area contributed by atoms with Gasteiger partial charge in [0.25, 0.3) is 0 Å². The van der Waals surface area contributed by atoms with Crippen molar-refractivity contribution >= 4 is 50.5 Å². The SMILES string of the molecule is SCCCCC(CCCCS)(CCCCS)CCCCS. The van der Waals surface area contributed by atoms with E-state index in [1.807, 2.05) is 0 Å². The highest BCUT2D eigenvalue weighted by atomic mass is 32.1. The molecule has 0 aromatic rings. The second-order valence-corrected chi connectivity index (χ2v) is 8.01. The molecule has 4 heteroatoms. The van der Waals surface area contributed by atoms with Crippen LogP contribution in [0, 0.1) is 5.41 Å². The monoisotopic (exact) mass is 368 g/mol. The number of unbranched alkanes of at least 4 members (excludes halogenated alkanes) is 4. The number of hydrogen-bond donors (Lipinski definition) is 4. The summed E-state index contributed by atoms with van der Waals surface area (Å²) >= 11 is 17.5. The molecule has 0 aliphatic rings. The Labute approximate surface area is 155 Å². The first-order valence-electron chi connectivity index (χ1n) is 8.68. The lowest BCUT2D eigenvalue weighted by molar-refractivity contribution is 0.178. The molecule has 0 amide bonds. The molecule has 0 fully saturated rings. The predicted molar refractivity (Wildman–Crippen MR) is 113 cm³/mol. The Morgan fingerprint density at radius 2 is 0.619 bits per heavy atom. The maximum absolute atomic E-state index is 4.38. The van der Waals surface area contributed by atoms with Gasteiger partial charge in [0.2, 0.25) is 0 Å². The van der Waals surface area contributed by atoms with Gasteiger partial charge >= 0.3 is 0 Å². The van der Waals surface area contributed by atoms with E-state index in [0.717, 1.165) is 23.0 Å². The van der Waals surface area contributed by atoms with Gasteiger partial charge in [-0.25, -0.2) is 0 Å². The number of thiol groups is 4. The van der Waals surface area contributed by atoms with Crippen LogP contribution in [0.5, 0.6) is 0 Å². The largest absolute Gasteiger partial charge is 0.179 e. The molecule has 0 heterocycles. The summed E-state index contributed by atoms with van der Waals surface area (Å²) in [5, 5.41) is 0. The lowest BCUT2D eigenvalue weighted by atomic mass is 9.71. The van der Waals surface area contributed by atoms with Gasteiger partial charge < -0.3 is 0 Å².